The summed E-state index contributed by atoms with van der Waals surface area (Å²) in [6.07, 6.45) is 2.82. The van der Waals surface area contributed by atoms with E-state index in [1.165, 1.54) is 0 Å². The van der Waals surface area contributed by atoms with Gasteiger partial charge in [0.05, 0.1) is 12.7 Å². The summed E-state index contributed by atoms with van der Waals surface area (Å²) in [7, 11) is 0. The molecule has 2 unspecified atom stereocenters. The van der Waals surface area contributed by atoms with Crippen LogP contribution in [-0.2, 0) is 4.74 Å². The number of hydrogen-bond acceptors (Lipinski definition) is 2. The molecule has 1 aromatic heterocycles. The van der Waals surface area contributed by atoms with E-state index >= 15 is 0 Å². The fourth-order valence-electron chi connectivity index (χ4n) is 2.52. The van der Waals surface area contributed by atoms with Crippen LogP contribution in [0.5, 0.6) is 0 Å². The highest BCUT2D eigenvalue weighted by Crippen LogP contribution is 2.28. The van der Waals surface area contributed by atoms with Crippen LogP contribution in [-0.4, -0.2) is 23.5 Å². The number of carbonyl (C=O) groups excluding carboxylic acids is 1. The van der Waals surface area contributed by atoms with E-state index < -0.39 is 0 Å². The molecule has 3 nitrogen and oxygen atoms in total. The first-order valence-corrected chi connectivity index (χ1v) is 6.87. The van der Waals surface area contributed by atoms with Gasteiger partial charge in [0.15, 0.2) is 5.78 Å². The molecule has 1 saturated heterocycles. The highest BCUT2D eigenvalue weighted by Gasteiger charge is 2.30. The number of carbonyl (C=O) groups is 1. The van der Waals surface area contributed by atoms with Crippen LogP contribution in [0, 0.1) is 5.92 Å². The monoisotopic (exact) mass is 307 g/mol. The van der Waals surface area contributed by atoms with Gasteiger partial charge in [0.1, 0.15) is 0 Å². The standard InChI is InChI=1S/C14H14BrNO2/c1-8-4-9(7-18-8)14(17)12-6-16-13-3-2-10(15)5-11(12)13/h2-3,5-6,8-9,16H,4,7H2,1H3. The zero-order chi connectivity index (χ0) is 12.7. The summed E-state index contributed by atoms with van der Waals surface area (Å²) >= 11 is 3.44. The number of H-pyrrole nitrogens is 1. The lowest BCUT2D eigenvalue weighted by atomic mass is 9.95. The molecule has 18 heavy (non-hydrogen) atoms. The summed E-state index contributed by atoms with van der Waals surface area (Å²) in [6, 6.07) is 5.93. The SMILES string of the molecule is CC1CC(C(=O)c2c[nH]c3ccc(Br)cc23)CO1. The smallest absolute Gasteiger partial charge is 0.170 e. The number of aromatic nitrogens is 1. The maximum absolute atomic E-state index is 12.5. The molecule has 3 rings (SSSR count). The fraction of sp³-hybridized carbons (Fsp3) is 0.357. The van der Waals surface area contributed by atoms with Crippen molar-refractivity contribution >= 4 is 32.6 Å². The number of ether oxygens (including phenoxy) is 1. The summed E-state index contributed by atoms with van der Waals surface area (Å²) in [4.78, 5) is 15.6. The molecule has 0 radical (unpaired) electrons. The van der Waals surface area contributed by atoms with Crippen LogP contribution in [0.15, 0.2) is 28.9 Å². The molecular weight excluding hydrogens is 294 g/mol. The van der Waals surface area contributed by atoms with Crippen molar-refractivity contribution in [2.24, 2.45) is 5.92 Å². The Bertz CT molecular complexity index is 605. The van der Waals surface area contributed by atoms with Gasteiger partial charge >= 0.3 is 0 Å². The van der Waals surface area contributed by atoms with E-state index in [2.05, 4.69) is 20.9 Å². The largest absolute Gasteiger partial charge is 0.378 e. The van der Waals surface area contributed by atoms with Gasteiger partial charge in [-0.2, -0.15) is 0 Å². The van der Waals surface area contributed by atoms with Crippen molar-refractivity contribution in [3.05, 3.63) is 34.4 Å². The molecule has 4 heteroatoms. The Labute approximate surface area is 114 Å². The molecule has 1 fully saturated rings. The van der Waals surface area contributed by atoms with Gasteiger partial charge in [-0.05, 0) is 31.5 Å². The van der Waals surface area contributed by atoms with Gasteiger partial charge in [-0.15, -0.1) is 0 Å². The van der Waals surface area contributed by atoms with E-state index in [-0.39, 0.29) is 17.8 Å². The second-order valence-electron chi connectivity index (χ2n) is 4.83. The van der Waals surface area contributed by atoms with Crippen molar-refractivity contribution in [1.29, 1.82) is 0 Å². The maximum Gasteiger partial charge on any atom is 0.170 e. The molecule has 1 aromatic carbocycles. The number of nitrogens with one attached hydrogen (secondary N) is 1. The third-order valence-corrected chi connectivity index (χ3v) is 3.97. The summed E-state index contributed by atoms with van der Waals surface area (Å²) < 4.78 is 6.47. The minimum Gasteiger partial charge on any atom is -0.378 e. The van der Waals surface area contributed by atoms with Crippen LogP contribution in [0.1, 0.15) is 23.7 Å². The van der Waals surface area contributed by atoms with Crippen LogP contribution in [0.25, 0.3) is 10.9 Å². The lowest BCUT2D eigenvalue weighted by Gasteiger charge is -2.05. The van der Waals surface area contributed by atoms with E-state index in [4.69, 9.17) is 4.74 Å². The Kier molecular flexibility index (Phi) is 2.99. The first-order chi connectivity index (χ1) is 8.65. The van der Waals surface area contributed by atoms with Gasteiger partial charge in [-0.25, -0.2) is 0 Å². The van der Waals surface area contributed by atoms with Crippen molar-refractivity contribution in [3.63, 3.8) is 0 Å². The molecule has 1 aliphatic heterocycles. The van der Waals surface area contributed by atoms with Gasteiger partial charge in [0.2, 0.25) is 0 Å². The topological polar surface area (TPSA) is 42.1 Å². The van der Waals surface area contributed by atoms with E-state index in [1.807, 2.05) is 31.3 Å². The zero-order valence-corrected chi connectivity index (χ0v) is 11.7. The number of ketones is 1. The third-order valence-electron chi connectivity index (χ3n) is 3.48. The molecule has 0 spiro atoms. The first kappa shape index (κ1) is 11.9. The molecule has 0 aliphatic carbocycles. The van der Waals surface area contributed by atoms with Crippen LogP contribution >= 0.6 is 15.9 Å². The predicted molar refractivity (Wildman–Crippen MR) is 73.9 cm³/mol. The summed E-state index contributed by atoms with van der Waals surface area (Å²) in [5.74, 6) is 0.182. The Morgan fingerprint density at radius 1 is 1.50 bits per heavy atom. The number of aromatic amines is 1. The van der Waals surface area contributed by atoms with Crippen molar-refractivity contribution in [3.8, 4) is 0 Å². The molecule has 2 aromatic rings. The number of benzene rings is 1. The highest BCUT2D eigenvalue weighted by molar-refractivity contribution is 9.10. The lowest BCUT2D eigenvalue weighted by molar-refractivity contribution is 0.0879. The van der Waals surface area contributed by atoms with Gasteiger partial charge in [-0.3, -0.25) is 4.79 Å². The van der Waals surface area contributed by atoms with Crippen molar-refractivity contribution in [2.45, 2.75) is 19.4 Å². The van der Waals surface area contributed by atoms with E-state index in [0.29, 0.717) is 6.61 Å². The molecule has 0 amide bonds. The number of hydrogen-bond donors (Lipinski definition) is 1. The highest BCUT2D eigenvalue weighted by atomic mass is 79.9. The van der Waals surface area contributed by atoms with Crippen LogP contribution in [0.4, 0.5) is 0 Å². The fourth-order valence-corrected chi connectivity index (χ4v) is 2.88. The molecular formula is C14H14BrNO2. The average molecular weight is 308 g/mol. The molecule has 1 N–H and O–H groups in total. The molecule has 1 aliphatic rings. The number of Topliss-reactive ketones (excluding diaryl/α,β-unsaturated/α-hetero) is 1. The van der Waals surface area contributed by atoms with Crippen molar-refractivity contribution < 1.29 is 9.53 Å². The Hall–Kier alpha value is -1.13. The van der Waals surface area contributed by atoms with E-state index in [9.17, 15) is 4.79 Å². The minimum atomic E-state index is -0.00187. The van der Waals surface area contributed by atoms with Gasteiger partial charge in [0, 0.05) is 33.1 Å². The van der Waals surface area contributed by atoms with Gasteiger partial charge < -0.3 is 9.72 Å². The number of rotatable bonds is 2. The van der Waals surface area contributed by atoms with E-state index in [1.54, 1.807) is 0 Å². The summed E-state index contributed by atoms with van der Waals surface area (Å²) in [6.45, 7) is 2.56. The van der Waals surface area contributed by atoms with Gasteiger partial charge in [-0.1, -0.05) is 15.9 Å². The molecule has 0 saturated carbocycles. The van der Waals surface area contributed by atoms with Crippen LogP contribution in [0.3, 0.4) is 0 Å². The normalized spacial score (nSPS) is 23.7. The summed E-state index contributed by atoms with van der Waals surface area (Å²) in [5, 5.41) is 0.980. The Morgan fingerprint density at radius 2 is 2.33 bits per heavy atom. The molecule has 2 heterocycles. The Morgan fingerprint density at radius 3 is 3.06 bits per heavy atom. The first-order valence-electron chi connectivity index (χ1n) is 6.07. The van der Waals surface area contributed by atoms with Crippen molar-refractivity contribution in [1.82, 2.24) is 4.98 Å². The number of fused-ring (bicyclic) bond motifs is 1. The summed E-state index contributed by atoms with van der Waals surface area (Å²) in [5.41, 5.74) is 1.77. The molecule has 94 valence electrons. The predicted octanol–water partition coefficient (Wildman–Crippen LogP) is 3.54. The lowest BCUT2D eigenvalue weighted by Crippen LogP contribution is -2.14. The van der Waals surface area contributed by atoms with Crippen LogP contribution < -0.4 is 0 Å². The van der Waals surface area contributed by atoms with Crippen LogP contribution in [0.2, 0.25) is 0 Å². The second kappa shape index (κ2) is 4.52. The minimum absolute atomic E-state index is 0.00187. The van der Waals surface area contributed by atoms with E-state index in [0.717, 1.165) is 27.4 Å². The molecule has 2 atom stereocenters. The average Bonchev–Trinajstić information content (AvgIpc) is 2.94. The molecule has 0 bridgehead atoms. The Balaban J connectivity index is 1.99. The third kappa shape index (κ3) is 1.99. The van der Waals surface area contributed by atoms with Gasteiger partial charge in [0.25, 0.3) is 0 Å². The second-order valence-corrected chi connectivity index (χ2v) is 5.75. The zero-order valence-electron chi connectivity index (χ0n) is 10.1. The number of halogens is 1. The van der Waals surface area contributed by atoms with Crippen molar-refractivity contribution in [2.75, 3.05) is 6.61 Å². The quantitative estimate of drug-likeness (QED) is 0.862. The maximum atomic E-state index is 12.5.